The number of pyridine rings is 1. The number of anilines is 2. The van der Waals surface area contributed by atoms with Crippen LogP contribution in [0.25, 0.3) is 5.82 Å². The summed E-state index contributed by atoms with van der Waals surface area (Å²) in [5.74, 6) is -0.453. The molecule has 4 rings (SSSR count). The Labute approximate surface area is 179 Å². The Balaban J connectivity index is 1.31. The Morgan fingerprint density at radius 1 is 1.13 bits per heavy atom. The average Bonchev–Trinajstić information content (AvgIpc) is 3.35. The number of morpholine rings is 1. The van der Waals surface area contributed by atoms with Crippen LogP contribution in [0.4, 0.5) is 11.4 Å². The van der Waals surface area contributed by atoms with Gasteiger partial charge in [-0.15, -0.1) is 0 Å². The minimum Gasteiger partial charge on any atom is -0.449 e. The number of ether oxygens (including phenoxy) is 2. The molecule has 1 atom stereocenters. The van der Waals surface area contributed by atoms with E-state index in [4.69, 9.17) is 9.47 Å². The van der Waals surface area contributed by atoms with Crippen molar-refractivity contribution in [3.05, 3.63) is 66.6 Å². The third kappa shape index (κ3) is 5.07. The molecule has 160 valence electrons. The fourth-order valence-corrected chi connectivity index (χ4v) is 3.15. The van der Waals surface area contributed by atoms with Crippen molar-refractivity contribution in [2.24, 2.45) is 0 Å². The molecular formula is C22H23N5O4. The maximum absolute atomic E-state index is 12.4. The van der Waals surface area contributed by atoms with Crippen LogP contribution < -0.4 is 10.2 Å². The molecule has 1 aliphatic rings. The summed E-state index contributed by atoms with van der Waals surface area (Å²) in [6, 6.07) is 12.6. The van der Waals surface area contributed by atoms with Crippen LogP contribution in [0.3, 0.4) is 0 Å². The first-order valence-corrected chi connectivity index (χ1v) is 10.0. The smallest absolute Gasteiger partial charge is 0.340 e. The zero-order valence-corrected chi connectivity index (χ0v) is 17.1. The highest BCUT2D eigenvalue weighted by molar-refractivity contribution is 5.97. The molecule has 31 heavy (non-hydrogen) atoms. The minimum atomic E-state index is -0.961. The molecular weight excluding hydrogens is 398 g/mol. The van der Waals surface area contributed by atoms with Gasteiger partial charge in [0.15, 0.2) is 11.9 Å². The molecule has 2 aromatic heterocycles. The second-order valence-corrected chi connectivity index (χ2v) is 7.04. The molecule has 1 fully saturated rings. The van der Waals surface area contributed by atoms with Gasteiger partial charge >= 0.3 is 5.97 Å². The lowest BCUT2D eigenvalue weighted by Gasteiger charge is -2.28. The van der Waals surface area contributed by atoms with Gasteiger partial charge in [0, 0.05) is 43.1 Å². The zero-order valence-electron chi connectivity index (χ0n) is 17.1. The van der Waals surface area contributed by atoms with Crippen molar-refractivity contribution in [2.45, 2.75) is 13.0 Å². The summed E-state index contributed by atoms with van der Waals surface area (Å²) in [5.41, 5.74) is 1.97. The molecule has 1 aliphatic heterocycles. The number of aromatic nitrogens is 3. The maximum Gasteiger partial charge on any atom is 0.340 e. The van der Waals surface area contributed by atoms with Crippen LogP contribution in [0.5, 0.6) is 0 Å². The third-order valence-electron chi connectivity index (χ3n) is 4.89. The van der Waals surface area contributed by atoms with E-state index < -0.39 is 18.0 Å². The van der Waals surface area contributed by atoms with Crippen molar-refractivity contribution in [1.29, 1.82) is 0 Å². The molecule has 0 aliphatic carbocycles. The molecule has 1 amide bonds. The number of nitrogens with zero attached hydrogens (tertiary/aromatic N) is 4. The standard InChI is InChI=1S/C22H23N5O4/c1-16(31-22(29)17-3-8-20(23-15-17)27-10-2-9-24-27)21(28)25-18-4-6-19(7-5-18)26-11-13-30-14-12-26/h2-10,15-16H,11-14H2,1H3,(H,25,28). The number of benzene rings is 1. The summed E-state index contributed by atoms with van der Waals surface area (Å²) < 4.78 is 12.2. The average molecular weight is 421 g/mol. The van der Waals surface area contributed by atoms with Crippen LogP contribution in [0.15, 0.2) is 61.1 Å². The summed E-state index contributed by atoms with van der Waals surface area (Å²) in [5, 5.41) is 6.85. The number of hydrogen-bond acceptors (Lipinski definition) is 7. The number of rotatable bonds is 6. The lowest BCUT2D eigenvalue weighted by molar-refractivity contribution is -0.123. The molecule has 3 heterocycles. The van der Waals surface area contributed by atoms with E-state index in [0.717, 1.165) is 18.8 Å². The largest absolute Gasteiger partial charge is 0.449 e. The summed E-state index contributed by atoms with van der Waals surface area (Å²) in [6.45, 7) is 4.64. The molecule has 3 aromatic rings. The predicted octanol–water partition coefficient (Wildman–Crippen LogP) is 2.29. The van der Waals surface area contributed by atoms with Gasteiger partial charge in [-0.3, -0.25) is 4.79 Å². The van der Waals surface area contributed by atoms with E-state index in [9.17, 15) is 9.59 Å². The molecule has 0 bridgehead atoms. The molecule has 1 N–H and O–H groups in total. The zero-order chi connectivity index (χ0) is 21.6. The van der Waals surface area contributed by atoms with E-state index >= 15 is 0 Å². The van der Waals surface area contributed by atoms with Crippen molar-refractivity contribution < 1.29 is 19.1 Å². The number of esters is 1. The normalized spacial score (nSPS) is 14.7. The molecule has 0 saturated carbocycles. The number of nitrogens with one attached hydrogen (secondary N) is 1. The molecule has 0 radical (unpaired) electrons. The van der Waals surface area contributed by atoms with E-state index in [2.05, 4.69) is 20.3 Å². The number of carbonyl (C=O) groups is 2. The van der Waals surface area contributed by atoms with Gasteiger partial charge in [-0.25, -0.2) is 14.5 Å². The van der Waals surface area contributed by atoms with Crippen molar-refractivity contribution in [1.82, 2.24) is 14.8 Å². The molecule has 1 aromatic carbocycles. The van der Waals surface area contributed by atoms with Crippen molar-refractivity contribution in [3.8, 4) is 5.82 Å². The SMILES string of the molecule is CC(OC(=O)c1ccc(-n2cccn2)nc1)C(=O)Nc1ccc(N2CCOCC2)cc1. The second-order valence-electron chi connectivity index (χ2n) is 7.04. The maximum atomic E-state index is 12.4. The van der Waals surface area contributed by atoms with E-state index in [-0.39, 0.29) is 5.56 Å². The predicted molar refractivity (Wildman–Crippen MR) is 114 cm³/mol. The first-order chi connectivity index (χ1) is 15.1. The van der Waals surface area contributed by atoms with Gasteiger partial charge in [0.2, 0.25) is 0 Å². The quantitative estimate of drug-likeness (QED) is 0.610. The van der Waals surface area contributed by atoms with E-state index in [0.29, 0.717) is 24.7 Å². The highest BCUT2D eigenvalue weighted by atomic mass is 16.5. The fraction of sp³-hybridized carbons (Fsp3) is 0.273. The van der Waals surface area contributed by atoms with Gasteiger partial charge in [-0.1, -0.05) is 0 Å². The van der Waals surface area contributed by atoms with Gasteiger partial charge in [-0.2, -0.15) is 5.10 Å². The number of carbonyl (C=O) groups excluding carboxylic acids is 2. The Morgan fingerprint density at radius 2 is 1.90 bits per heavy atom. The molecule has 1 saturated heterocycles. The van der Waals surface area contributed by atoms with E-state index in [1.165, 1.54) is 13.1 Å². The van der Waals surface area contributed by atoms with Crippen LogP contribution in [-0.2, 0) is 14.3 Å². The topological polar surface area (TPSA) is 98.6 Å². The summed E-state index contributed by atoms with van der Waals surface area (Å²) in [4.78, 5) is 31.2. The number of amides is 1. The Bertz CT molecular complexity index is 1010. The molecule has 0 spiro atoms. The summed E-state index contributed by atoms with van der Waals surface area (Å²) >= 11 is 0. The van der Waals surface area contributed by atoms with Gasteiger partial charge in [0.25, 0.3) is 5.91 Å². The first-order valence-electron chi connectivity index (χ1n) is 10.0. The summed E-state index contributed by atoms with van der Waals surface area (Å²) in [6.07, 6.45) is 3.83. The Hall–Kier alpha value is -3.72. The van der Waals surface area contributed by atoms with Crippen LogP contribution in [0.2, 0.25) is 0 Å². The van der Waals surface area contributed by atoms with E-state index in [1.807, 2.05) is 24.3 Å². The first kappa shape index (κ1) is 20.5. The van der Waals surface area contributed by atoms with Crippen molar-refractivity contribution in [2.75, 3.05) is 36.5 Å². The second kappa shape index (κ2) is 9.40. The molecule has 9 nitrogen and oxygen atoms in total. The number of hydrogen-bond donors (Lipinski definition) is 1. The summed E-state index contributed by atoms with van der Waals surface area (Å²) in [7, 11) is 0. The highest BCUT2D eigenvalue weighted by Crippen LogP contribution is 2.19. The monoisotopic (exact) mass is 421 g/mol. The van der Waals surface area contributed by atoms with Crippen LogP contribution >= 0.6 is 0 Å². The van der Waals surface area contributed by atoms with Crippen molar-refractivity contribution in [3.63, 3.8) is 0 Å². The van der Waals surface area contributed by atoms with Gasteiger partial charge < -0.3 is 19.7 Å². The molecule has 9 heteroatoms. The van der Waals surface area contributed by atoms with Gasteiger partial charge in [0.1, 0.15) is 0 Å². The highest BCUT2D eigenvalue weighted by Gasteiger charge is 2.20. The Kier molecular flexibility index (Phi) is 6.23. The molecule has 1 unspecified atom stereocenters. The Morgan fingerprint density at radius 3 is 2.55 bits per heavy atom. The van der Waals surface area contributed by atoms with E-state index in [1.54, 1.807) is 35.3 Å². The minimum absolute atomic E-state index is 0.255. The van der Waals surface area contributed by atoms with Crippen LogP contribution in [-0.4, -0.2) is 59.0 Å². The van der Waals surface area contributed by atoms with Crippen LogP contribution in [0.1, 0.15) is 17.3 Å². The van der Waals surface area contributed by atoms with Gasteiger partial charge in [-0.05, 0) is 49.4 Å². The fourth-order valence-electron chi connectivity index (χ4n) is 3.15. The van der Waals surface area contributed by atoms with Crippen molar-refractivity contribution >= 4 is 23.3 Å². The lowest BCUT2D eigenvalue weighted by atomic mass is 10.2. The van der Waals surface area contributed by atoms with Crippen LogP contribution in [0, 0.1) is 0 Å². The lowest BCUT2D eigenvalue weighted by Crippen LogP contribution is -2.36. The third-order valence-corrected chi connectivity index (χ3v) is 4.89. The van der Waals surface area contributed by atoms with Gasteiger partial charge in [0.05, 0.1) is 18.8 Å².